The van der Waals surface area contributed by atoms with Gasteiger partial charge in [0.05, 0.1) is 0 Å². The molecule has 0 heterocycles. The molecule has 3 rings (SSSR count). The monoisotopic (exact) mass is 436 g/mol. The Kier molecular flexibility index (Phi) is 6.06. The van der Waals surface area contributed by atoms with Gasteiger partial charge in [-0.1, -0.05) is 6.07 Å². The quantitative estimate of drug-likeness (QED) is 0.342. The number of aromatic hydroxyl groups is 2. The number of benzene rings is 3. The maximum absolute atomic E-state index is 12.5. The molecule has 32 heavy (non-hydrogen) atoms. The van der Waals surface area contributed by atoms with Crippen LogP contribution in [0.4, 0.5) is 11.4 Å². The van der Waals surface area contributed by atoms with Crippen LogP contribution in [0.25, 0.3) is 0 Å². The summed E-state index contributed by atoms with van der Waals surface area (Å²) < 4.78 is 0. The Morgan fingerprint density at radius 1 is 0.594 bits per heavy atom. The predicted molar refractivity (Wildman–Crippen MR) is 112 cm³/mol. The lowest BCUT2D eigenvalue weighted by molar-refractivity contribution is 0.0682. The van der Waals surface area contributed by atoms with Crippen LogP contribution in [0.15, 0.2) is 60.7 Å². The van der Waals surface area contributed by atoms with Gasteiger partial charge in [-0.15, -0.1) is 0 Å². The van der Waals surface area contributed by atoms with Crippen LogP contribution in [-0.2, 0) is 0 Å². The lowest BCUT2D eigenvalue weighted by Gasteiger charge is -2.10. The predicted octanol–water partition coefficient (Wildman–Crippen LogP) is 3.00. The first-order valence-electron chi connectivity index (χ1n) is 9.01. The van der Waals surface area contributed by atoms with Crippen LogP contribution in [0.5, 0.6) is 11.5 Å². The molecule has 0 radical (unpaired) electrons. The van der Waals surface area contributed by atoms with Crippen LogP contribution in [0.2, 0.25) is 0 Å². The van der Waals surface area contributed by atoms with E-state index in [2.05, 4.69) is 10.6 Å². The van der Waals surface area contributed by atoms with E-state index in [1.54, 1.807) is 0 Å². The fourth-order valence-electron chi connectivity index (χ4n) is 2.79. The molecule has 0 atom stereocenters. The van der Waals surface area contributed by atoms with Gasteiger partial charge in [0, 0.05) is 34.6 Å². The Labute approximate surface area is 180 Å². The summed E-state index contributed by atoms with van der Waals surface area (Å²) in [6.45, 7) is 0. The first-order chi connectivity index (χ1) is 15.2. The third kappa shape index (κ3) is 4.82. The average Bonchev–Trinajstić information content (AvgIpc) is 2.73. The van der Waals surface area contributed by atoms with Crippen LogP contribution >= 0.6 is 0 Å². The number of hydrogen-bond acceptors (Lipinski definition) is 6. The van der Waals surface area contributed by atoms with E-state index < -0.39 is 35.3 Å². The minimum atomic E-state index is -1.31. The van der Waals surface area contributed by atoms with Crippen molar-refractivity contribution in [2.75, 3.05) is 10.6 Å². The zero-order chi connectivity index (χ0) is 23.4. The second kappa shape index (κ2) is 8.88. The standard InChI is InChI=1S/C22H16N2O8/c25-17-9-13(4-6-15(17)21(29)30)23-19(27)11-2-1-3-12(8-11)20(28)24-14-5-7-16(22(31)32)18(26)10-14/h1-10,25-26H,(H,23,27)(H,24,28)(H,29,30)(H,31,32). The molecular weight excluding hydrogens is 420 g/mol. The topological polar surface area (TPSA) is 173 Å². The molecule has 6 N–H and O–H groups in total. The highest BCUT2D eigenvalue weighted by molar-refractivity contribution is 6.09. The summed E-state index contributed by atoms with van der Waals surface area (Å²) in [4.78, 5) is 46.9. The normalized spacial score (nSPS) is 10.2. The van der Waals surface area contributed by atoms with E-state index in [1.165, 1.54) is 36.4 Å². The van der Waals surface area contributed by atoms with Crippen molar-refractivity contribution in [1.82, 2.24) is 0 Å². The van der Waals surface area contributed by atoms with Crippen LogP contribution in [-0.4, -0.2) is 44.2 Å². The van der Waals surface area contributed by atoms with Crippen molar-refractivity contribution in [3.8, 4) is 11.5 Å². The molecule has 0 unspecified atom stereocenters. The van der Waals surface area contributed by atoms with E-state index in [0.717, 1.165) is 24.3 Å². The second-order valence-corrected chi connectivity index (χ2v) is 6.56. The molecular formula is C22H16N2O8. The summed E-state index contributed by atoms with van der Waals surface area (Å²) in [5.41, 5.74) is -0.0945. The Balaban J connectivity index is 1.74. The average molecular weight is 436 g/mol. The maximum atomic E-state index is 12.5. The van der Waals surface area contributed by atoms with Crippen LogP contribution in [0.1, 0.15) is 41.4 Å². The fraction of sp³-hybridized carbons (Fsp3) is 0. The van der Waals surface area contributed by atoms with E-state index in [-0.39, 0.29) is 33.6 Å². The van der Waals surface area contributed by atoms with E-state index in [9.17, 15) is 29.4 Å². The highest BCUT2D eigenvalue weighted by Gasteiger charge is 2.15. The van der Waals surface area contributed by atoms with Crippen molar-refractivity contribution in [3.05, 3.63) is 82.9 Å². The van der Waals surface area contributed by atoms with E-state index >= 15 is 0 Å². The third-order valence-electron chi connectivity index (χ3n) is 4.36. The minimum absolute atomic E-state index is 0.114. The van der Waals surface area contributed by atoms with Gasteiger partial charge in [0.15, 0.2) is 0 Å². The van der Waals surface area contributed by atoms with Crippen molar-refractivity contribution in [3.63, 3.8) is 0 Å². The zero-order valence-corrected chi connectivity index (χ0v) is 16.2. The van der Waals surface area contributed by atoms with Gasteiger partial charge in [0.25, 0.3) is 11.8 Å². The summed E-state index contributed by atoms with van der Waals surface area (Å²) in [6.07, 6.45) is 0. The number of carbonyl (C=O) groups is 4. The first-order valence-corrected chi connectivity index (χ1v) is 9.01. The lowest BCUT2D eigenvalue weighted by Crippen LogP contribution is -2.15. The molecule has 0 fully saturated rings. The molecule has 3 aromatic carbocycles. The van der Waals surface area contributed by atoms with E-state index in [4.69, 9.17) is 10.2 Å². The highest BCUT2D eigenvalue weighted by Crippen LogP contribution is 2.24. The Bertz CT molecular complexity index is 1160. The van der Waals surface area contributed by atoms with Gasteiger partial charge < -0.3 is 31.1 Å². The Morgan fingerprint density at radius 2 is 1.00 bits per heavy atom. The summed E-state index contributed by atoms with van der Waals surface area (Å²) in [6, 6.07) is 12.8. The number of anilines is 2. The summed E-state index contributed by atoms with van der Waals surface area (Å²) in [5, 5.41) is 42.3. The van der Waals surface area contributed by atoms with Crippen molar-refractivity contribution in [1.29, 1.82) is 0 Å². The van der Waals surface area contributed by atoms with Crippen molar-refractivity contribution in [2.45, 2.75) is 0 Å². The van der Waals surface area contributed by atoms with Crippen LogP contribution in [0.3, 0.4) is 0 Å². The third-order valence-corrected chi connectivity index (χ3v) is 4.36. The van der Waals surface area contributed by atoms with Gasteiger partial charge in [-0.05, 0) is 42.5 Å². The maximum Gasteiger partial charge on any atom is 0.339 e. The molecule has 0 aliphatic carbocycles. The summed E-state index contributed by atoms with van der Waals surface area (Å²) >= 11 is 0. The lowest BCUT2D eigenvalue weighted by atomic mass is 10.1. The molecule has 162 valence electrons. The molecule has 0 aromatic heterocycles. The van der Waals surface area contributed by atoms with Crippen molar-refractivity contribution < 1.29 is 39.6 Å². The van der Waals surface area contributed by atoms with Gasteiger partial charge in [0.2, 0.25) is 0 Å². The highest BCUT2D eigenvalue weighted by atomic mass is 16.4. The number of carboxylic acid groups (broad SMARTS) is 2. The number of carboxylic acids is 2. The molecule has 0 spiro atoms. The van der Waals surface area contributed by atoms with Crippen molar-refractivity contribution >= 4 is 35.1 Å². The van der Waals surface area contributed by atoms with Crippen LogP contribution < -0.4 is 10.6 Å². The van der Waals surface area contributed by atoms with Gasteiger partial charge in [-0.3, -0.25) is 9.59 Å². The molecule has 10 nitrogen and oxygen atoms in total. The molecule has 3 aromatic rings. The molecule has 10 heteroatoms. The number of phenols is 2. The Hall–Kier alpha value is -4.86. The molecule has 0 aliphatic rings. The number of carbonyl (C=O) groups excluding carboxylic acids is 2. The fourth-order valence-corrected chi connectivity index (χ4v) is 2.79. The van der Waals surface area contributed by atoms with Gasteiger partial charge in [-0.25, -0.2) is 9.59 Å². The minimum Gasteiger partial charge on any atom is -0.507 e. The summed E-state index contributed by atoms with van der Waals surface area (Å²) in [7, 11) is 0. The first kappa shape index (κ1) is 21.8. The van der Waals surface area contributed by atoms with E-state index in [1.807, 2.05) is 0 Å². The van der Waals surface area contributed by atoms with Gasteiger partial charge >= 0.3 is 11.9 Å². The second-order valence-electron chi connectivity index (χ2n) is 6.56. The number of aromatic carboxylic acids is 2. The van der Waals surface area contributed by atoms with Crippen LogP contribution in [0, 0.1) is 0 Å². The van der Waals surface area contributed by atoms with Crippen molar-refractivity contribution in [2.24, 2.45) is 0 Å². The molecule has 2 amide bonds. The zero-order valence-electron chi connectivity index (χ0n) is 16.2. The Morgan fingerprint density at radius 3 is 1.34 bits per heavy atom. The van der Waals surface area contributed by atoms with Gasteiger partial charge in [-0.2, -0.15) is 0 Å². The number of nitrogens with one attached hydrogen (secondary N) is 2. The molecule has 0 saturated heterocycles. The SMILES string of the molecule is O=C(Nc1ccc(C(=O)O)c(O)c1)c1cccc(C(=O)Nc2ccc(C(=O)O)c(O)c2)c1. The molecule has 0 bridgehead atoms. The van der Waals surface area contributed by atoms with E-state index in [0.29, 0.717) is 0 Å². The summed E-state index contributed by atoms with van der Waals surface area (Å²) in [5.74, 6) is -4.87. The van der Waals surface area contributed by atoms with Gasteiger partial charge in [0.1, 0.15) is 22.6 Å². The number of hydrogen-bond donors (Lipinski definition) is 6. The molecule has 0 aliphatic heterocycles. The number of amides is 2. The number of rotatable bonds is 6. The molecule has 0 saturated carbocycles. The largest absolute Gasteiger partial charge is 0.507 e. The smallest absolute Gasteiger partial charge is 0.339 e.